The van der Waals surface area contributed by atoms with Crippen LogP contribution >= 0.6 is 0 Å². The first-order chi connectivity index (χ1) is 7.74. The van der Waals surface area contributed by atoms with E-state index < -0.39 is 0 Å². The molecule has 0 bridgehead atoms. The molecule has 2 rings (SSSR count). The number of aromatic nitrogens is 1. The van der Waals surface area contributed by atoms with E-state index in [-0.39, 0.29) is 5.82 Å². The molecule has 0 radical (unpaired) electrons. The number of hydrogen-bond donors (Lipinski definition) is 1. The van der Waals surface area contributed by atoms with Crippen molar-refractivity contribution in [3.63, 3.8) is 0 Å². The van der Waals surface area contributed by atoms with Gasteiger partial charge in [0.2, 0.25) is 5.88 Å². The Morgan fingerprint density at radius 1 is 1.50 bits per heavy atom. The van der Waals surface area contributed by atoms with Crippen LogP contribution < -0.4 is 10.1 Å². The molecule has 0 unspecified atom stereocenters. The van der Waals surface area contributed by atoms with Crippen molar-refractivity contribution in [2.24, 2.45) is 5.92 Å². The second-order valence-electron chi connectivity index (χ2n) is 4.38. The molecule has 88 valence electrons. The number of rotatable bonds is 3. The smallest absolute Gasteiger partial charge is 0.213 e. The molecule has 0 amide bonds. The van der Waals surface area contributed by atoms with Crippen molar-refractivity contribution >= 4 is 0 Å². The molecule has 1 saturated heterocycles. The van der Waals surface area contributed by atoms with E-state index in [1.165, 1.54) is 25.1 Å². The van der Waals surface area contributed by atoms with Gasteiger partial charge in [-0.3, -0.25) is 0 Å². The maximum absolute atomic E-state index is 12.6. The highest BCUT2D eigenvalue weighted by atomic mass is 19.1. The summed E-state index contributed by atoms with van der Waals surface area (Å²) in [5.41, 5.74) is 0. The van der Waals surface area contributed by atoms with Crippen molar-refractivity contribution in [2.75, 3.05) is 13.2 Å². The van der Waals surface area contributed by atoms with Crippen molar-refractivity contribution in [1.82, 2.24) is 10.3 Å². The molecule has 1 aliphatic rings. The lowest BCUT2D eigenvalue weighted by Crippen LogP contribution is -2.39. The van der Waals surface area contributed by atoms with Gasteiger partial charge in [-0.05, 0) is 25.8 Å². The summed E-state index contributed by atoms with van der Waals surface area (Å²) >= 11 is 0. The molecule has 1 N–H and O–H groups in total. The summed E-state index contributed by atoms with van der Waals surface area (Å²) in [5, 5.41) is 3.42. The standard InChI is InChI=1S/C12H17FN2O/c1-9-2-3-10(6-14-9)8-16-12-5-4-11(13)7-15-12/h4-5,7,9-10,14H,2-3,6,8H2,1H3/t9-,10-/m1/s1. The summed E-state index contributed by atoms with van der Waals surface area (Å²) < 4.78 is 18.1. The largest absolute Gasteiger partial charge is 0.477 e. The van der Waals surface area contributed by atoms with Gasteiger partial charge in [0.15, 0.2) is 0 Å². The van der Waals surface area contributed by atoms with Gasteiger partial charge >= 0.3 is 0 Å². The van der Waals surface area contributed by atoms with E-state index in [0.29, 0.717) is 24.4 Å². The van der Waals surface area contributed by atoms with Crippen LogP contribution in [-0.2, 0) is 0 Å². The fourth-order valence-electron chi connectivity index (χ4n) is 1.85. The Balaban J connectivity index is 1.77. The number of piperidine rings is 1. The zero-order valence-corrected chi connectivity index (χ0v) is 9.45. The monoisotopic (exact) mass is 224 g/mol. The quantitative estimate of drug-likeness (QED) is 0.852. The molecule has 1 aromatic rings. The molecule has 0 aliphatic carbocycles. The van der Waals surface area contributed by atoms with Gasteiger partial charge in [0.1, 0.15) is 5.82 Å². The Kier molecular flexibility index (Phi) is 3.72. The molecule has 16 heavy (non-hydrogen) atoms. The number of nitrogens with zero attached hydrogens (tertiary/aromatic N) is 1. The lowest BCUT2D eigenvalue weighted by Gasteiger charge is -2.27. The van der Waals surface area contributed by atoms with E-state index in [0.717, 1.165) is 6.54 Å². The lowest BCUT2D eigenvalue weighted by atomic mass is 9.96. The van der Waals surface area contributed by atoms with E-state index in [4.69, 9.17) is 4.74 Å². The Morgan fingerprint density at radius 2 is 2.38 bits per heavy atom. The highest BCUT2D eigenvalue weighted by molar-refractivity contribution is 5.10. The van der Waals surface area contributed by atoms with Crippen molar-refractivity contribution < 1.29 is 9.13 Å². The Morgan fingerprint density at radius 3 is 3.00 bits per heavy atom. The lowest BCUT2D eigenvalue weighted by molar-refractivity contribution is 0.198. The molecule has 2 atom stereocenters. The van der Waals surface area contributed by atoms with Crippen LogP contribution in [0.1, 0.15) is 19.8 Å². The third-order valence-electron chi connectivity index (χ3n) is 2.93. The van der Waals surface area contributed by atoms with Crippen LogP contribution in [0.2, 0.25) is 0 Å². The van der Waals surface area contributed by atoms with Crippen LogP contribution in [-0.4, -0.2) is 24.2 Å². The van der Waals surface area contributed by atoms with Crippen molar-refractivity contribution in [1.29, 1.82) is 0 Å². The highest BCUT2D eigenvalue weighted by Gasteiger charge is 2.17. The number of halogens is 1. The molecule has 1 aliphatic heterocycles. The van der Waals surface area contributed by atoms with E-state index in [2.05, 4.69) is 17.2 Å². The summed E-state index contributed by atoms with van der Waals surface area (Å²) in [6, 6.07) is 3.54. The number of pyridine rings is 1. The van der Waals surface area contributed by atoms with Gasteiger partial charge in [-0.2, -0.15) is 0 Å². The van der Waals surface area contributed by atoms with Gasteiger partial charge in [0.25, 0.3) is 0 Å². The maximum Gasteiger partial charge on any atom is 0.213 e. The first-order valence-corrected chi connectivity index (χ1v) is 5.72. The molecule has 3 nitrogen and oxygen atoms in total. The van der Waals surface area contributed by atoms with Gasteiger partial charge < -0.3 is 10.1 Å². The number of hydrogen-bond acceptors (Lipinski definition) is 3. The van der Waals surface area contributed by atoms with E-state index in [9.17, 15) is 4.39 Å². The maximum atomic E-state index is 12.6. The molecular formula is C12H17FN2O. The van der Waals surface area contributed by atoms with Crippen LogP contribution in [0.25, 0.3) is 0 Å². The van der Waals surface area contributed by atoms with Crippen LogP contribution in [0.4, 0.5) is 4.39 Å². The van der Waals surface area contributed by atoms with E-state index >= 15 is 0 Å². The van der Waals surface area contributed by atoms with E-state index in [1.54, 1.807) is 6.07 Å². The van der Waals surface area contributed by atoms with Gasteiger partial charge in [-0.15, -0.1) is 0 Å². The minimum atomic E-state index is -0.333. The van der Waals surface area contributed by atoms with Gasteiger partial charge in [-0.1, -0.05) is 0 Å². The molecule has 0 aromatic carbocycles. The van der Waals surface area contributed by atoms with Crippen LogP contribution in [0.3, 0.4) is 0 Å². The fourth-order valence-corrected chi connectivity index (χ4v) is 1.85. The molecule has 1 aromatic heterocycles. The van der Waals surface area contributed by atoms with Crippen molar-refractivity contribution in [3.05, 3.63) is 24.1 Å². The minimum Gasteiger partial charge on any atom is -0.477 e. The molecule has 2 heterocycles. The summed E-state index contributed by atoms with van der Waals surface area (Å²) in [7, 11) is 0. The van der Waals surface area contributed by atoms with Crippen molar-refractivity contribution in [3.8, 4) is 5.88 Å². The Labute approximate surface area is 95.0 Å². The first kappa shape index (κ1) is 11.3. The number of ether oxygens (including phenoxy) is 1. The molecule has 4 heteroatoms. The fraction of sp³-hybridized carbons (Fsp3) is 0.583. The number of nitrogens with one attached hydrogen (secondary N) is 1. The van der Waals surface area contributed by atoms with Gasteiger partial charge in [0.05, 0.1) is 12.8 Å². The zero-order chi connectivity index (χ0) is 11.4. The zero-order valence-electron chi connectivity index (χ0n) is 9.45. The SMILES string of the molecule is C[C@@H]1CC[C@@H](COc2ccc(F)cn2)CN1. The summed E-state index contributed by atoms with van der Waals surface area (Å²) in [5.74, 6) is 0.698. The first-order valence-electron chi connectivity index (χ1n) is 5.72. The predicted octanol–water partition coefficient (Wildman–Crippen LogP) is 1.99. The molecule has 0 spiro atoms. The Hall–Kier alpha value is -1.16. The predicted molar refractivity (Wildman–Crippen MR) is 59.9 cm³/mol. The molecular weight excluding hydrogens is 207 g/mol. The average molecular weight is 224 g/mol. The normalized spacial score (nSPS) is 25.4. The molecule has 0 saturated carbocycles. The van der Waals surface area contributed by atoms with E-state index in [1.807, 2.05) is 0 Å². The highest BCUT2D eigenvalue weighted by Crippen LogP contribution is 2.15. The second-order valence-corrected chi connectivity index (χ2v) is 4.38. The second kappa shape index (κ2) is 5.25. The summed E-state index contributed by atoms with van der Waals surface area (Å²) in [4.78, 5) is 3.86. The van der Waals surface area contributed by atoms with Gasteiger partial charge in [0, 0.05) is 24.6 Å². The minimum absolute atomic E-state index is 0.333. The van der Waals surface area contributed by atoms with Crippen LogP contribution in [0.15, 0.2) is 18.3 Å². The molecule has 1 fully saturated rings. The summed E-state index contributed by atoms with van der Waals surface area (Å²) in [6.07, 6.45) is 3.54. The third-order valence-corrected chi connectivity index (χ3v) is 2.93. The van der Waals surface area contributed by atoms with Crippen LogP contribution in [0, 0.1) is 11.7 Å². The van der Waals surface area contributed by atoms with Crippen molar-refractivity contribution in [2.45, 2.75) is 25.8 Å². The topological polar surface area (TPSA) is 34.1 Å². The van der Waals surface area contributed by atoms with Crippen LogP contribution in [0.5, 0.6) is 5.88 Å². The Bertz CT molecular complexity index is 320. The van der Waals surface area contributed by atoms with Gasteiger partial charge in [-0.25, -0.2) is 9.37 Å². The summed E-state index contributed by atoms with van der Waals surface area (Å²) in [6.45, 7) is 3.83. The average Bonchev–Trinajstić information content (AvgIpc) is 2.30. The third kappa shape index (κ3) is 3.17.